The maximum Gasteiger partial charge on any atom is 0.191 e. The number of nitrogens with zero attached hydrogens (tertiary/aromatic N) is 5. The predicted molar refractivity (Wildman–Crippen MR) is 104 cm³/mol. The third kappa shape index (κ3) is 6.62. The molecule has 0 unspecified atom stereocenters. The van der Waals surface area contributed by atoms with Crippen molar-refractivity contribution in [1.82, 2.24) is 30.3 Å². The second kappa shape index (κ2) is 10.8. The molecule has 1 fully saturated rings. The molecule has 0 saturated carbocycles. The van der Waals surface area contributed by atoms with Crippen LogP contribution in [0, 0.1) is 0 Å². The van der Waals surface area contributed by atoms with Gasteiger partial charge in [0.1, 0.15) is 18.7 Å². The molecule has 0 aliphatic carbocycles. The summed E-state index contributed by atoms with van der Waals surface area (Å²) in [6.07, 6.45) is 5.15. The third-order valence-corrected chi connectivity index (χ3v) is 4.00. The van der Waals surface area contributed by atoms with Crippen molar-refractivity contribution in [1.29, 1.82) is 0 Å². The maximum absolute atomic E-state index is 4.62. The number of hydrogen-bond acceptors (Lipinski definition) is 4. The van der Waals surface area contributed by atoms with E-state index in [1.165, 1.54) is 38.9 Å². The van der Waals surface area contributed by atoms with Gasteiger partial charge in [0.2, 0.25) is 0 Å². The highest BCUT2D eigenvalue weighted by atomic mass is 127. The molecule has 8 heteroatoms. The van der Waals surface area contributed by atoms with Crippen LogP contribution in [0.2, 0.25) is 0 Å². The molecule has 0 aromatic carbocycles. The van der Waals surface area contributed by atoms with Gasteiger partial charge in [-0.05, 0) is 32.7 Å². The lowest BCUT2D eigenvalue weighted by atomic mass is 10.1. The van der Waals surface area contributed by atoms with Crippen LogP contribution in [-0.4, -0.2) is 57.8 Å². The van der Waals surface area contributed by atoms with Crippen molar-refractivity contribution in [2.45, 2.75) is 45.7 Å². The highest BCUT2D eigenvalue weighted by Gasteiger charge is 2.19. The molecular weight excluding hydrogens is 405 g/mol. The molecule has 1 saturated heterocycles. The van der Waals surface area contributed by atoms with Crippen LogP contribution in [-0.2, 0) is 13.6 Å². The van der Waals surface area contributed by atoms with Crippen LogP contribution in [0.4, 0.5) is 0 Å². The second-order valence-electron chi connectivity index (χ2n) is 5.76. The van der Waals surface area contributed by atoms with Crippen molar-refractivity contribution in [2.24, 2.45) is 12.0 Å². The Kier molecular flexibility index (Phi) is 9.46. The summed E-state index contributed by atoms with van der Waals surface area (Å²) in [5, 5.41) is 10.9. The van der Waals surface area contributed by atoms with Gasteiger partial charge in [0.05, 0.1) is 0 Å². The second-order valence-corrected chi connectivity index (χ2v) is 5.76. The van der Waals surface area contributed by atoms with Crippen molar-refractivity contribution in [2.75, 3.05) is 26.2 Å². The Bertz CT molecular complexity index is 466. The van der Waals surface area contributed by atoms with E-state index in [0.29, 0.717) is 12.6 Å². The Labute approximate surface area is 156 Å². The lowest BCUT2D eigenvalue weighted by molar-refractivity contribution is 0.206. The predicted octanol–water partition coefficient (Wildman–Crippen LogP) is 1.36. The van der Waals surface area contributed by atoms with Crippen LogP contribution in [0.15, 0.2) is 11.3 Å². The van der Waals surface area contributed by atoms with Crippen LogP contribution in [0.5, 0.6) is 0 Å². The van der Waals surface area contributed by atoms with E-state index >= 15 is 0 Å². The Morgan fingerprint density at radius 1 is 1.35 bits per heavy atom. The molecule has 23 heavy (non-hydrogen) atoms. The maximum atomic E-state index is 4.62. The number of guanidine groups is 1. The van der Waals surface area contributed by atoms with Crippen LogP contribution >= 0.6 is 24.0 Å². The zero-order chi connectivity index (χ0) is 15.8. The van der Waals surface area contributed by atoms with Gasteiger partial charge in [0.15, 0.2) is 5.96 Å². The molecule has 1 aromatic rings. The molecule has 1 aromatic heterocycles. The lowest BCUT2D eigenvalue weighted by Gasteiger charge is -2.32. The van der Waals surface area contributed by atoms with E-state index in [1.54, 1.807) is 11.0 Å². The largest absolute Gasteiger partial charge is 0.357 e. The highest BCUT2D eigenvalue weighted by molar-refractivity contribution is 14.0. The summed E-state index contributed by atoms with van der Waals surface area (Å²) in [6.45, 7) is 9.30. The van der Waals surface area contributed by atoms with Crippen molar-refractivity contribution in [3.63, 3.8) is 0 Å². The summed E-state index contributed by atoms with van der Waals surface area (Å²) in [6, 6.07) is 0.505. The minimum atomic E-state index is 0. The van der Waals surface area contributed by atoms with Crippen molar-refractivity contribution in [3.8, 4) is 0 Å². The molecule has 0 amide bonds. The smallest absolute Gasteiger partial charge is 0.191 e. The highest BCUT2D eigenvalue weighted by Crippen LogP contribution is 2.10. The first kappa shape index (κ1) is 20.1. The van der Waals surface area contributed by atoms with E-state index in [2.05, 4.69) is 44.5 Å². The topological polar surface area (TPSA) is 70.4 Å². The molecule has 0 bridgehead atoms. The van der Waals surface area contributed by atoms with E-state index in [9.17, 15) is 0 Å². The fraction of sp³-hybridized carbons (Fsp3) is 0.800. The van der Waals surface area contributed by atoms with Crippen LogP contribution in [0.3, 0.4) is 0 Å². The Balaban J connectivity index is 0.00000264. The number of piperidine rings is 1. The summed E-state index contributed by atoms with van der Waals surface area (Å²) in [5.41, 5.74) is 0. The molecule has 0 atom stereocenters. The van der Waals surface area contributed by atoms with E-state index < -0.39 is 0 Å². The molecule has 7 nitrogen and oxygen atoms in total. The fourth-order valence-electron chi connectivity index (χ4n) is 2.74. The summed E-state index contributed by atoms with van der Waals surface area (Å²) in [4.78, 5) is 11.4. The van der Waals surface area contributed by atoms with Crippen LogP contribution in [0.25, 0.3) is 0 Å². The van der Waals surface area contributed by atoms with Gasteiger partial charge in [0.25, 0.3) is 0 Å². The van der Waals surface area contributed by atoms with Gasteiger partial charge in [-0.25, -0.2) is 9.98 Å². The lowest BCUT2D eigenvalue weighted by Crippen LogP contribution is -2.48. The summed E-state index contributed by atoms with van der Waals surface area (Å²) in [7, 11) is 1.89. The van der Waals surface area contributed by atoms with E-state index in [4.69, 9.17) is 0 Å². The minimum Gasteiger partial charge on any atom is -0.357 e. The minimum absolute atomic E-state index is 0. The molecule has 2 N–H and O–H groups in total. The number of rotatable bonds is 6. The number of aromatic nitrogens is 3. The number of aryl methyl sites for hydroxylation is 1. The zero-order valence-electron chi connectivity index (χ0n) is 14.5. The summed E-state index contributed by atoms with van der Waals surface area (Å²) < 4.78 is 1.76. The molecule has 0 spiro atoms. The van der Waals surface area contributed by atoms with Gasteiger partial charge in [-0.2, -0.15) is 5.10 Å². The molecule has 2 heterocycles. The van der Waals surface area contributed by atoms with E-state index in [-0.39, 0.29) is 24.0 Å². The number of aliphatic imine (C=N–C) groups is 1. The fourth-order valence-corrected chi connectivity index (χ4v) is 2.74. The van der Waals surface area contributed by atoms with Gasteiger partial charge in [-0.1, -0.05) is 6.92 Å². The molecule has 1 aliphatic rings. The van der Waals surface area contributed by atoms with Gasteiger partial charge >= 0.3 is 0 Å². The van der Waals surface area contributed by atoms with Crippen molar-refractivity contribution in [3.05, 3.63) is 12.2 Å². The quantitative estimate of drug-likeness (QED) is 0.401. The first-order chi connectivity index (χ1) is 10.7. The SMILES string of the molecule is CCCN1CCC(NC(=NCc2ncnn2C)NCC)CC1.I. The average Bonchev–Trinajstić information content (AvgIpc) is 2.92. The molecule has 132 valence electrons. The van der Waals surface area contributed by atoms with Crippen LogP contribution < -0.4 is 10.6 Å². The Hall–Kier alpha value is -0.900. The molecule has 2 rings (SSSR count). The normalized spacial score (nSPS) is 16.9. The zero-order valence-corrected chi connectivity index (χ0v) is 16.8. The van der Waals surface area contributed by atoms with Crippen molar-refractivity contribution >= 4 is 29.9 Å². The summed E-state index contributed by atoms with van der Waals surface area (Å²) >= 11 is 0. The van der Waals surface area contributed by atoms with Crippen molar-refractivity contribution < 1.29 is 0 Å². The molecule has 1 aliphatic heterocycles. The number of nitrogens with one attached hydrogen (secondary N) is 2. The van der Waals surface area contributed by atoms with Gasteiger partial charge < -0.3 is 15.5 Å². The average molecular weight is 435 g/mol. The van der Waals surface area contributed by atoms with Gasteiger partial charge in [-0.3, -0.25) is 4.68 Å². The summed E-state index contributed by atoms with van der Waals surface area (Å²) in [5.74, 6) is 1.74. The Morgan fingerprint density at radius 2 is 2.09 bits per heavy atom. The first-order valence-corrected chi connectivity index (χ1v) is 8.33. The number of hydrogen-bond donors (Lipinski definition) is 2. The van der Waals surface area contributed by atoms with E-state index in [0.717, 1.165) is 18.3 Å². The number of likely N-dealkylation sites (tertiary alicyclic amines) is 1. The third-order valence-electron chi connectivity index (χ3n) is 4.00. The number of halogens is 1. The molecular formula is C15H30IN7. The van der Waals surface area contributed by atoms with Gasteiger partial charge in [0, 0.05) is 32.7 Å². The van der Waals surface area contributed by atoms with E-state index in [1.807, 2.05) is 7.05 Å². The standard InChI is InChI=1S/C15H29N7.HI/c1-4-8-22-9-6-13(7-10-22)20-15(16-5-2)17-11-14-18-12-19-21(14)3;/h12-13H,4-11H2,1-3H3,(H2,16,17,20);1H. The first-order valence-electron chi connectivity index (χ1n) is 8.33. The molecule has 0 radical (unpaired) electrons. The van der Waals surface area contributed by atoms with Gasteiger partial charge in [-0.15, -0.1) is 24.0 Å². The Morgan fingerprint density at radius 3 is 2.65 bits per heavy atom. The van der Waals surface area contributed by atoms with Crippen LogP contribution in [0.1, 0.15) is 38.9 Å². The monoisotopic (exact) mass is 435 g/mol.